The van der Waals surface area contributed by atoms with Gasteiger partial charge in [-0.3, -0.25) is 4.98 Å². The van der Waals surface area contributed by atoms with Gasteiger partial charge in [-0.25, -0.2) is 0 Å². The summed E-state index contributed by atoms with van der Waals surface area (Å²) in [6, 6.07) is 10.8. The largest absolute Gasteiger partial charge is 0.371 e. The number of nitrogens with one attached hydrogen (secondary N) is 1. The highest BCUT2D eigenvalue weighted by Gasteiger charge is 2.13. The maximum absolute atomic E-state index is 4.39. The van der Waals surface area contributed by atoms with Crippen LogP contribution in [0.2, 0.25) is 0 Å². The van der Waals surface area contributed by atoms with Crippen LogP contribution in [0.5, 0.6) is 0 Å². The molecule has 2 heterocycles. The van der Waals surface area contributed by atoms with E-state index in [1.54, 1.807) is 0 Å². The van der Waals surface area contributed by atoms with Crippen LogP contribution in [0.15, 0.2) is 36.5 Å². The topological polar surface area (TPSA) is 28.2 Å². The average Bonchev–Trinajstić information content (AvgIpc) is 2.42. The van der Waals surface area contributed by atoms with Crippen molar-refractivity contribution in [1.29, 1.82) is 0 Å². The molecular weight excluding hydrogens is 234 g/mol. The van der Waals surface area contributed by atoms with Gasteiger partial charge in [-0.1, -0.05) is 13.0 Å². The van der Waals surface area contributed by atoms with E-state index in [0.717, 1.165) is 31.7 Å². The van der Waals surface area contributed by atoms with E-state index in [1.165, 1.54) is 17.5 Å². The fraction of sp³-hybridized carbons (Fsp3) is 0.438. The monoisotopic (exact) mass is 255 g/mol. The molecular formula is C16H21N3. The lowest BCUT2D eigenvalue weighted by molar-refractivity contribution is 0.468. The SMILES string of the molecule is CC1CNCCCN(c2ccc3ncccc3c2)C1. The van der Waals surface area contributed by atoms with Crippen molar-refractivity contribution in [2.75, 3.05) is 31.1 Å². The second kappa shape index (κ2) is 5.57. The maximum atomic E-state index is 4.39. The second-order valence-electron chi connectivity index (χ2n) is 5.49. The number of nitrogens with zero attached hydrogens (tertiary/aromatic N) is 2. The number of anilines is 1. The molecule has 1 unspecified atom stereocenters. The van der Waals surface area contributed by atoms with Gasteiger partial charge in [0.2, 0.25) is 0 Å². The fourth-order valence-electron chi connectivity index (χ4n) is 2.77. The van der Waals surface area contributed by atoms with E-state index in [4.69, 9.17) is 0 Å². The molecule has 3 rings (SSSR count). The third-order valence-electron chi connectivity index (χ3n) is 3.76. The van der Waals surface area contributed by atoms with E-state index in [2.05, 4.69) is 46.4 Å². The van der Waals surface area contributed by atoms with Crippen molar-refractivity contribution < 1.29 is 0 Å². The van der Waals surface area contributed by atoms with Crippen molar-refractivity contribution in [3.05, 3.63) is 36.5 Å². The Morgan fingerprint density at radius 1 is 1.32 bits per heavy atom. The number of pyridine rings is 1. The quantitative estimate of drug-likeness (QED) is 0.849. The molecule has 1 aromatic carbocycles. The molecule has 1 aliphatic rings. The van der Waals surface area contributed by atoms with Gasteiger partial charge in [0.25, 0.3) is 0 Å². The number of rotatable bonds is 1. The minimum atomic E-state index is 0.685. The van der Waals surface area contributed by atoms with E-state index < -0.39 is 0 Å². The minimum Gasteiger partial charge on any atom is -0.371 e. The highest BCUT2D eigenvalue weighted by molar-refractivity contribution is 5.82. The highest BCUT2D eigenvalue weighted by Crippen LogP contribution is 2.22. The van der Waals surface area contributed by atoms with E-state index in [1.807, 2.05) is 12.3 Å². The van der Waals surface area contributed by atoms with Gasteiger partial charge in [0.05, 0.1) is 5.52 Å². The average molecular weight is 255 g/mol. The maximum Gasteiger partial charge on any atom is 0.0703 e. The highest BCUT2D eigenvalue weighted by atomic mass is 15.1. The molecule has 0 aliphatic carbocycles. The summed E-state index contributed by atoms with van der Waals surface area (Å²) in [5, 5.41) is 4.73. The van der Waals surface area contributed by atoms with E-state index >= 15 is 0 Å². The first kappa shape index (κ1) is 12.4. The van der Waals surface area contributed by atoms with Crippen LogP contribution in [0.25, 0.3) is 10.9 Å². The molecule has 1 fully saturated rings. The summed E-state index contributed by atoms with van der Waals surface area (Å²) in [4.78, 5) is 6.90. The second-order valence-corrected chi connectivity index (χ2v) is 5.49. The first-order valence-corrected chi connectivity index (χ1v) is 7.13. The zero-order valence-corrected chi connectivity index (χ0v) is 11.5. The summed E-state index contributed by atoms with van der Waals surface area (Å²) >= 11 is 0. The van der Waals surface area contributed by atoms with Crippen LogP contribution in [-0.4, -0.2) is 31.2 Å². The van der Waals surface area contributed by atoms with E-state index in [-0.39, 0.29) is 0 Å². The standard InChI is InChI=1S/C16H21N3/c1-13-11-17-7-3-9-19(12-13)15-5-6-16-14(10-15)4-2-8-18-16/h2,4-6,8,10,13,17H,3,7,9,11-12H2,1H3. The molecule has 0 radical (unpaired) electrons. The van der Waals surface area contributed by atoms with Crippen molar-refractivity contribution >= 4 is 16.6 Å². The van der Waals surface area contributed by atoms with Crippen LogP contribution >= 0.6 is 0 Å². The molecule has 1 atom stereocenters. The number of aromatic nitrogens is 1. The molecule has 1 saturated heterocycles. The predicted molar refractivity (Wildman–Crippen MR) is 80.6 cm³/mol. The van der Waals surface area contributed by atoms with Crippen molar-refractivity contribution in [3.63, 3.8) is 0 Å². The van der Waals surface area contributed by atoms with E-state index in [0.29, 0.717) is 5.92 Å². The zero-order valence-electron chi connectivity index (χ0n) is 11.5. The van der Waals surface area contributed by atoms with Gasteiger partial charge in [-0.2, -0.15) is 0 Å². The summed E-state index contributed by atoms with van der Waals surface area (Å²) in [5.74, 6) is 0.685. The summed E-state index contributed by atoms with van der Waals surface area (Å²) in [6.07, 6.45) is 3.06. The van der Waals surface area contributed by atoms with Crippen LogP contribution in [-0.2, 0) is 0 Å². The van der Waals surface area contributed by atoms with Gasteiger partial charge in [0, 0.05) is 30.4 Å². The zero-order chi connectivity index (χ0) is 13.1. The third kappa shape index (κ3) is 2.87. The van der Waals surface area contributed by atoms with Crippen LogP contribution in [0.4, 0.5) is 5.69 Å². The molecule has 1 aliphatic heterocycles. The Kier molecular flexibility index (Phi) is 3.65. The third-order valence-corrected chi connectivity index (χ3v) is 3.76. The minimum absolute atomic E-state index is 0.685. The molecule has 100 valence electrons. The van der Waals surface area contributed by atoms with E-state index in [9.17, 15) is 0 Å². The lowest BCUT2D eigenvalue weighted by Gasteiger charge is -2.30. The Hall–Kier alpha value is -1.61. The number of benzene rings is 1. The lowest BCUT2D eigenvalue weighted by Crippen LogP contribution is -2.38. The van der Waals surface area contributed by atoms with Gasteiger partial charge in [0.15, 0.2) is 0 Å². The van der Waals surface area contributed by atoms with Crippen molar-refractivity contribution in [2.45, 2.75) is 13.3 Å². The van der Waals surface area contributed by atoms with Gasteiger partial charge in [-0.05, 0) is 49.7 Å². The van der Waals surface area contributed by atoms with Crippen LogP contribution in [0.3, 0.4) is 0 Å². The molecule has 2 aromatic rings. The smallest absolute Gasteiger partial charge is 0.0703 e. The fourth-order valence-corrected chi connectivity index (χ4v) is 2.77. The van der Waals surface area contributed by atoms with Crippen molar-refractivity contribution in [1.82, 2.24) is 10.3 Å². The van der Waals surface area contributed by atoms with Crippen molar-refractivity contribution in [2.24, 2.45) is 5.92 Å². The first-order valence-electron chi connectivity index (χ1n) is 7.13. The van der Waals surface area contributed by atoms with Gasteiger partial charge in [-0.15, -0.1) is 0 Å². The van der Waals surface area contributed by atoms with Crippen molar-refractivity contribution in [3.8, 4) is 0 Å². The van der Waals surface area contributed by atoms with Gasteiger partial charge >= 0.3 is 0 Å². The lowest BCUT2D eigenvalue weighted by atomic mass is 10.1. The Morgan fingerprint density at radius 3 is 3.21 bits per heavy atom. The molecule has 3 heteroatoms. The molecule has 0 bridgehead atoms. The summed E-state index contributed by atoms with van der Waals surface area (Å²) in [5.41, 5.74) is 2.40. The normalized spacial score (nSPS) is 21.1. The van der Waals surface area contributed by atoms with Crippen LogP contribution in [0.1, 0.15) is 13.3 Å². The Labute approximate surface area is 114 Å². The molecule has 0 saturated carbocycles. The molecule has 1 N–H and O–H groups in total. The Morgan fingerprint density at radius 2 is 2.26 bits per heavy atom. The summed E-state index contributed by atoms with van der Waals surface area (Å²) in [7, 11) is 0. The molecule has 0 amide bonds. The Balaban J connectivity index is 1.88. The Bertz CT molecular complexity index is 552. The summed E-state index contributed by atoms with van der Waals surface area (Å²) in [6.45, 7) is 6.80. The van der Waals surface area contributed by atoms with Crippen LogP contribution in [0, 0.1) is 5.92 Å². The molecule has 19 heavy (non-hydrogen) atoms. The van der Waals surface area contributed by atoms with Gasteiger partial charge < -0.3 is 10.2 Å². The molecule has 3 nitrogen and oxygen atoms in total. The molecule has 1 aromatic heterocycles. The first-order chi connectivity index (χ1) is 9.33. The number of hydrogen-bond donors (Lipinski definition) is 1. The molecule has 0 spiro atoms. The predicted octanol–water partition coefficient (Wildman–Crippen LogP) is 2.67. The summed E-state index contributed by atoms with van der Waals surface area (Å²) < 4.78 is 0. The van der Waals surface area contributed by atoms with Crippen LogP contribution < -0.4 is 10.2 Å². The van der Waals surface area contributed by atoms with Gasteiger partial charge in [0.1, 0.15) is 0 Å². The number of fused-ring (bicyclic) bond motifs is 1. The number of hydrogen-bond acceptors (Lipinski definition) is 3.